The van der Waals surface area contributed by atoms with Crippen molar-refractivity contribution >= 4 is 11.7 Å². The van der Waals surface area contributed by atoms with Crippen molar-refractivity contribution in [3.63, 3.8) is 0 Å². The molecule has 15 heavy (non-hydrogen) atoms. The summed E-state index contributed by atoms with van der Waals surface area (Å²) in [5.41, 5.74) is 5.49. The monoisotopic (exact) mass is 216 g/mol. The first-order valence-electron chi connectivity index (χ1n) is 4.17. The van der Waals surface area contributed by atoms with Crippen LogP contribution in [0.2, 0.25) is 0 Å². The lowest BCUT2D eigenvalue weighted by molar-refractivity contribution is -0.136. The van der Waals surface area contributed by atoms with Gasteiger partial charge in [-0.25, -0.2) is 8.78 Å². The Hall–Kier alpha value is -1.72. The number of carboxylic acids is 1. The quantitative estimate of drug-likeness (QED) is 0.803. The Balaban J connectivity index is 3.15. The first kappa shape index (κ1) is 11.4. The molecule has 0 aliphatic carbocycles. The number of aliphatic carboxylic acids is 1. The van der Waals surface area contributed by atoms with E-state index in [0.29, 0.717) is 11.1 Å². The van der Waals surface area contributed by atoms with E-state index in [1.807, 2.05) is 0 Å². The molecule has 1 aromatic heterocycles. The van der Waals surface area contributed by atoms with Crippen LogP contribution in [0.1, 0.15) is 23.2 Å². The van der Waals surface area contributed by atoms with Gasteiger partial charge in [-0.2, -0.15) is 0 Å². The Kier molecular flexibility index (Phi) is 3.18. The number of alkyl halides is 2. The average molecular weight is 216 g/mol. The van der Waals surface area contributed by atoms with Gasteiger partial charge < -0.3 is 10.8 Å². The van der Waals surface area contributed by atoms with E-state index >= 15 is 0 Å². The maximum Gasteiger partial charge on any atom is 0.307 e. The van der Waals surface area contributed by atoms with Crippen molar-refractivity contribution < 1.29 is 18.7 Å². The van der Waals surface area contributed by atoms with Gasteiger partial charge in [0, 0.05) is 6.20 Å². The summed E-state index contributed by atoms with van der Waals surface area (Å²) in [6.07, 6.45) is -1.89. The molecule has 1 heterocycles. The topological polar surface area (TPSA) is 76.2 Å². The van der Waals surface area contributed by atoms with Gasteiger partial charge in [-0.05, 0) is 18.1 Å². The van der Waals surface area contributed by atoms with Crippen LogP contribution in [0.15, 0.2) is 6.20 Å². The van der Waals surface area contributed by atoms with Gasteiger partial charge in [-0.1, -0.05) is 0 Å². The normalized spacial score (nSPS) is 10.7. The Labute approximate surface area is 84.7 Å². The summed E-state index contributed by atoms with van der Waals surface area (Å²) in [7, 11) is 0. The van der Waals surface area contributed by atoms with Crippen molar-refractivity contribution in [2.75, 3.05) is 5.73 Å². The molecule has 4 nitrogen and oxygen atoms in total. The largest absolute Gasteiger partial charge is 0.481 e. The molecule has 0 saturated carbocycles. The van der Waals surface area contributed by atoms with E-state index in [2.05, 4.69) is 4.98 Å². The number of hydrogen-bond acceptors (Lipinski definition) is 3. The van der Waals surface area contributed by atoms with Crippen LogP contribution in [0, 0.1) is 6.92 Å². The SMILES string of the molecule is Cc1c(CC(=O)O)cnc(C(F)F)c1N. The van der Waals surface area contributed by atoms with Crippen molar-refractivity contribution in [1.29, 1.82) is 0 Å². The van der Waals surface area contributed by atoms with Crippen molar-refractivity contribution in [3.8, 4) is 0 Å². The first-order valence-corrected chi connectivity index (χ1v) is 4.17. The number of nitrogens with zero attached hydrogens (tertiary/aromatic N) is 1. The molecule has 1 aromatic rings. The summed E-state index contributed by atoms with van der Waals surface area (Å²) in [4.78, 5) is 13.9. The standard InChI is InChI=1S/C9H10F2N2O2/c1-4-5(2-6(14)15)3-13-8(7(4)12)9(10)11/h3,9H,2,12H2,1H3,(H,14,15). The van der Waals surface area contributed by atoms with Crippen LogP contribution in [0.3, 0.4) is 0 Å². The highest BCUT2D eigenvalue weighted by Gasteiger charge is 2.17. The molecule has 0 aliphatic rings. The zero-order valence-electron chi connectivity index (χ0n) is 8.00. The minimum absolute atomic E-state index is 0.135. The highest BCUT2D eigenvalue weighted by atomic mass is 19.3. The van der Waals surface area contributed by atoms with Gasteiger partial charge in [0.1, 0.15) is 5.69 Å². The van der Waals surface area contributed by atoms with Crippen LogP contribution < -0.4 is 5.73 Å². The van der Waals surface area contributed by atoms with Gasteiger partial charge in [0.15, 0.2) is 0 Å². The minimum Gasteiger partial charge on any atom is -0.481 e. The van der Waals surface area contributed by atoms with Crippen LogP contribution in [-0.4, -0.2) is 16.1 Å². The number of carbonyl (C=O) groups is 1. The molecule has 0 saturated heterocycles. The summed E-state index contributed by atoms with van der Waals surface area (Å²) in [5.74, 6) is -1.05. The van der Waals surface area contributed by atoms with Crippen LogP contribution in [0.4, 0.5) is 14.5 Å². The molecular formula is C9H10F2N2O2. The predicted molar refractivity (Wildman–Crippen MR) is 49.7 cm³/mol. The molecule has 0 spiro atoms. The van der Waals surface area contributed by atoms with Gasteiger partial charge in [0.2, 0.25) is 0 Å². The lowest BCUT2D eigenvalue weighted by Gasteiger charge is -2.10. The molecule has 0 atom stereocenters. The van der Waals surface area contributed by atoms with E-state index < -0.39 is 18.1 Å². The summed E-state index contributed by atoms with van der Waals surface area (Å²) in [5, 5.41) is 8.54. The summed E-state index contributed by atoms with van der Waals surface area (Å²) in [6.45, 7) is 1.50. The number of pyridine rings is 1. The fourth-order valence-electron chi connectivity index (χ4n) is 1.19. The van der Waals surface area contributed by atoms with Crippen LogP contribution in [0.25, 0.3) is 0 Å². The minimum atomic E-state index is -2.75. The molecule has 82 valence electrons. The molecule has 0 aliphatic heterocycles. The molecule has 0 radical (unpaired) electrons. The van der Waals surface area contributed by atoms with Crippen molar-refractivity contribution in [2.45, 2.75) is 19.8 Å². The van der Waals surface area contributed by atoms with E-state index in [1.54, 1.807) is 0 Å². The second-order valence-corrected chi connectivity index (χ2v) is 3.08. The second kappa shape index (κ2) is 4.20. The molecule has 6 heteroatoms. The van der Waals surface area contributed by atoms with Gasteiger partial charge in [-0.15, -0.1) is 0 Å². The number of nitrogens with two attached hydrogens (primary N) is 1. The molecular weight excluding hydrogens is 206 g/mol. The van der Waals surface area contributed by atoms with Crippen molar-refractivity contribution in [1.82, 2.24) is 4.98 Å². The average Bonchev–Trinajstić information content (AvgIpc) is 2.12. The number of carboxylic acid groups (broad SMARTS) is 1. The lowest BCUT2D eigenvalue weighted by atomic mass is 10.1. The molecule has 0 unspecified atom stereocenters. The first-order chi connectivity index (χ1) is 6.93. The Morgan fingerprint density at radius 2 is 2.27 bits per heavy atom. The van der Waals surface area contributed by atoms with Crippen LogP contribution >= 0.6 is 0 Å². The summed E-state index contributed by atoms with van der Waals surface area (Å²) < 4.78 is 24.7. The van der Waals surface area contributed by atoms with E-state index in [9.17, 15) is 13.6 Å². The zero-order valence-corrected chi connectivity index (χ0v) is 8.00. The van der Waals surface area contributed by atoms with Gasteiger partial charge in [0.05, 0.1) is 12.1 Å². The Bertz CT molecular complexity index is 394. The number of halogens is 2. The number of aromatic nitrogens is 1. The maximum atomic E-state index is 12.3. The molecule has 0 amide bonds. The number of hydrogen-bond donors (Lipinski definition) is 2. The third kappa shape index (κ3) is 2.39. The zero-order chi connectivity index (χ0) is 11.6. The number of nitrogen functional groups attached to an aromatic ring is 1. The van der Waals surface area contributed by atoms with E-state index in [1.165, 1.54) is 6.92 Å². The summed E-state index contributed by atoms with van der Waals surface area (Å²) >= 11 is 0. The van der Waals surface area contributed by atoms with E-state index in [0.717, 1.165) is 6.20 Å². The molecule has 1 rings (SSSR count). The smallest absolute Gasteiger partial charge is 0.307 e. The Morgan fingerprint density at radius 1 is 1.67 bits per heavy atom. The molecule has 0 aromatic carbocycles. The number of rotatable bonds is 3. The number of anilines is 1. The van der Waals surface area contributed by atoms with Crippen molar-refractivity contribution in [2.24, 2.45) is 0 Å². The summed E-state index contributed by atoms with van der Waals surface area (Å²) in [6, 6.07) is 0. The molecule has 0 bridgehead atoms. The van der Waals surface area contributed by atoms with Gasteiger partial charge >= 0.3 is 5.97 Å². The molecule has 0 fully saturated rings. The van der Waals surface area contributed by atoms with E-state index in [4.69, 9.17) is 10.8 Å². The predicted octanol–water partition coefficient (Wildman–Crippen LogP) is 1.54. The van der Waals surface area contributed by atoms with Crippen LogP contribution in [0.5, 0.6) is 0 Å². The Morgan fingerprint density at radius 3 is 2.73 bits per heavy atom. The third-order valence-corrected chi connectivity index (χ3v) is 2.07. The van der Waals surface area contributed by atoms with E-state index in [-0.39, 0.29) is 12.1 Å². The third-order valence-electron chi connectivity index (χ3n) is 2.07. The van der Waals surface area contributed by atoms with Gasteiger partial charge in [0.25, 0.3) is 6.43 Å². The maximum absolute atomic E-state index is 12.3. The van der Waals surface area contributed by atoms with Gasteiger partial charge in [-0.3, -0.25) is 9.78 Å². The molecule has 3 N–H and O–H groups in total. The van der Waals surface area contributed by atoms with Crippen molar-refractivity contribution in [3.05, 3.63) is 23.0 Å². The second-order valence-electron chi connectivity index (χ2n) is 3.08. The fraction of sp³-hybridized carbons (Fsp3) is 0.333. The lowest BCUT2D eigenvalue weighted by Crippen LogP contribution is -2.08. The highest BCUT2D eigenvalue weighted by Crippen LogP contribution is 2.27. The fourth-order valence-corrected chi connectivity index (χ4v) is 1.19. The van der Waals surface area contributed by atoms with Crippen LogP contribution in [-0.2, 0) is 11.2 Å². The highest BCUT2D eigenvalue weighted by molar-refractivity contribution is 5.71.